The van der Waals surface area contributed by atoms with Crippen LogP contribution in [0.5, 0.6) is 0 Å². The number of hydrogen-bond donors (Lipinski definition) is 4. The number of nitrogens with one attached hydrogen (secondary N) is 4. The summed E-state index contributed by atoms with van der Waals surface area (Å²) in [6.07, 6.45) is 0.979. The lowest BCUT2D eigenvalue weighted by atomic mass is 9.75. The van der Waals surface area contributed by atoms with Gasteiger partial charge in [0, 0.05) is 12.1 Å². The maximum Gasteiger partial charge on any atom is 0.242 e. The molecule has 3 heterocycles. The van der Waals surface area contributed by atoms with E-state index < -0.39 is 71.7 Å². The Kier molecular flexibility index (Phi) is 11.3. The largest absolute Gasteiger partial charge is 0.351 e. The van der Waals surface area contributed by atoms with E-state index >= 15 is 0 Å². The van der Waals surface area contributed by atoms with Crippen molar-refractivity contribution in [1.82, 2.24) is 31.1 Å². The van der Waals surface area contributed by atoms with Crippen LogP contribution in [0, 0.1) is 23.7 Å². The Morgan fingerprint density at radius 3 is 1.22 bits per heavy atom. The summed E-state index contributed by atoms with van der Waals surface area (Å²) in [5, 5.41) is 11.6. The lowest BCUT2D eigenvalue weighted by Crippen LogP contribution is -2.66. The number of benzene rings is 2. The zero-order valence-corrected chi connectivity index (χ0v) is 29.7. The monoisotopic (exact) mass is 686 g/mol. The second-order valence-electron chi connectivity index (χ2n) is 14.8. The van der Waals surface area contributed by atoms with Crippen molar-refractivity contribution in [2.45, 2.75) is 90.6 Å². The topological polar surface area (TPSA) is 157 Å². The lowest BCUT2D eigenvalue weighted by molar-refractivity contribution is -0.163. The van der Waals surface area contributed by atoms with Crippen molar-refractivity contribution in [1.29, 1.82) is 0 Å². The number of carbonyl (C=O) groups excluding carboxylic acids is 6. The van der Waals surface area contributed by atoms with E-state index in [1.807, 2.05) is 88.4 Å². The lowest BCUT2D eigenvalue weighted by Gasteiger charge is -2.51. The van der Waals surface area contributed by atoms with E-state index in [-0.39, 0.29) is 36.7 Å². The molecule has 0 saturated carbocycles. The molecule has 5 rings (SSSR count). The maximum atomic E-state index is 13.8. The number of β-lactam (4-membered cyclic amide) rings is 2. The summed E-state index contributed by atoms with van der Waals surface area (Å²) in [7, 11) is 0. The van der Waals surface area contributed by atoms with Crippen LogP contribution >= 0.6 is 0 Å². The highest BCUT2D eigenvalue weighted by atomic mass is 16.2. The van der Waals surface area contributed by atoms with Crippen LogP contribution in [0.3, 0.4) is 0 Å². The van der Waals surface area contributed by atoms with Crippen LogP contribution in [-0.4, -0.2) is 82.5 Å². The van der Waals surface area contributed by atoms with Gasteiger partial charge in [-0.2, -0.15) is 0 Å². The van der Waals surface area contributed by atoms with Crippen molar-refractivity contribution in [3.05, 3.63) is 71.8 Å². The van der Waals surface area contributed by atoms with E-state index in [1.54, 1.807) is 13.8 Å². The maximum absolute atomic E-state index is 13.8. The molecule has 8 atom stereocenters. The minimum absolute atomic E-state index is 0.122. The Labute approximate surface area is 294 Å². The first-order valence-corrected chi connectivity index (χ1v) is 17.7. The van der Waals surface area contributed by atoms with Crippen LogP contribution in [-0.2, 0) is 28.8 Å². The molecule has 0 unspecified atom stereocenters. The summed E-state index contributed by atoms with van der Waals surface area (Å²) in [6.45, 7) is 10.6. The van der Waals surface area contributed by atoms with Gasteiger partial charge < -0.3 is 31.1 Å². The van der Waals surface area contributed by atoms with Crippen LogP contribution in [0.4, 0.5) is 0 Å². The number of amides is 6. The highest BCUT2D eigenvalue weighted by molar-refractivity contribution is 5.96. The number of fused-ring (bicyclic) bond motifs is 4. The SMILES string of the molecule is CC(C)C[C@@H]1NC(=O)[C@H](C)NC(=O)CN2C(=O)[C@H]([C@H](CC(C)C)NC(=O)[C@H](C)NC(=O)CN3C(=O)[C@H]1[C@H]3c1ccccc1)[C@H]2c1ccccc1. The third kappa shape index (κ3) is 7.84. The van der Waals surface area contributed by atoms with Gasteiger partial charge in [0.15, 0.2) is 0 Å². The summed E-state index contributed by atoms with van der Waals surface area (Å²) in [5.41, 5.74) is 1.65. The normalized spacial score (nSPS) is 29.8. The highest BCUT2D eigenvalue weighted by Gasteiger charge is 2.54. The van der Waals surface area contributed by atoms with Crippen molar-refractivity contribution in [2.75, 3.05) is 13.1 Å². The van der Waals surface area contributed by atoms with E-state index in [9.17, 15) is 28.8 Å². The molecule has 50 heavy (non-hydrogen) atoms. The molecule has 4 N–H and O–H groups in total. The number of hydrogen-bond acceptors (Lipinski definition) is 6. The molecule has 0 aliphatic carbocycles. The van der Waals surface area contributed by atoms with Gasteiger partial charge in [-0.3, -0.25) is 28.8 Å². The molecular weight excluding hydrogens is 636 g/mol. The van der Waals surface area contributed by atoms with Crippen LogP contribution in [0.2, 0.25) is 0 Å². The molecular formula is C38H50N6O6. The van der Waals surface area contributed by atoms with Crippen LogP contribution in [0.25, 0.3) is 0 Å². The molecule has 3 fully saturated rings. The van der Waals surface area contributed by atoms with Gasteiger partial charge in [0.25, 0.3) is 0 Å². The highest BCUT2D eigenvalue weighted by Crippen LogP contribution is 2.44. The molecule has 2 aromatic rings. The van der Waals surface area contributed by atoms with Gasteiger partial charge in [-0.05, 0) is 49.7 Å². The number of carbonyl (C=O) groups is 6. The Morgan fingerprint density at radius 1 is 0.560 bits per heavy atom. The van der Waals surface area contributed by atoms with Crippen molar-refractivity contribution in [3.63, 3.8) is 0 Å². The number of nitrogens with zero attached hydrogens (tertiary/aromatic N) is 2. The predicted molar refractivity (Wildman–Crippen MR) is 187 cm³/mol. The summed E-state index contributed by atoms with van der Waals surface area (Å²) >= 11 is 0. The molecule has 12 heteroatoms. The Morgan fingerprint density at radius 2 is 0.900 bits per heavy atom. The molecule has 2 aromatic carbocycles. The van der Waals surface area contributed by atoms with Crippen LogP contribution in [0.1, 0.15) is 77.6 Å². The third-order valence-corrected chi connectivity index (χ3v) is 9.91. The quantitative estimate of drug-likeness (QED) is 0.342. The van der Waals surface area contributed by atoms with Crippen LogP contribution < -0.4 is 21.3 Å². The molecule has 0 spiro atoms. The van der Waals surface area contributed by atoms with Gasteiger partial charge in [-0.1, -0.05) is 88.4 Å². The first-order valence-electron chi connectivity index (χ1n) is 17.7. The molecule has 3 aliphatic heterocycles. The van der Waals surface area contributed by atoms with E-state index in [0.29, 0.717) is 12.8 Å². The predicted octanol–water partition coefficient (Wildman–Crippen LogP) is 2.47. The molecule has 3 saturated heterocycles. The van der Waals surface area contributed by atoms with Gasteiger partial charge in [0.2, 0.25) is 35.4 Å². The van der Waals surface area contributed by atoms with Gasteiger partial charge in [-0.15, -0.1) is 0 Å². The average molecular weight is 687 g/mol. The third-order valence-electron chi connectivity index (χ3n) is 9.91. The van der Waals surface area contributed by atoms with Crippen LogP contribution in [0.15, 0.2) is 60.7 Å². The van der Waals surface area contributed by atoms with E-state index in [0.717, 1.165) is 11.1 Å². The summed E-state index contributed by atoms with van der Waals surface area (Å²) in [6, 6.07) is 14.7. The molecule has 12 nitrogen and oxygen atoms in total. The van der Waals surface area contributed by atoms with Crippen molar-refractivity contribution >= 4 is 35.4 Å². The smallest absolute Gasteiger partial charge is 0.242 e. The first-order chi connectivity index (χ1) is 23.8. The molecule has 268 valence electrons. The molecule has 4 bridgehead atoms. The summed E-state index contributed by atoms with van der Waals surface area (Å²) in [5.74, 6) is -3.50. The van der Waals surface area contributed by atoms with Crippen molar-refractivity contribution in [2.24, 2.45) is 23.7 Å². The van der Waals surface area contributed by atoms with Gasteiger partial charge in [0.05, 0.1) is 23.9 Å². The second-order valence-corrected chi connectivity index (χ2v) is 14.8. The zero-order valence-electron chi connectivity index (χ0n) is 29.7. The standard InChI is InChI=1S/C38H50N6O6/c1-21(2)17-27-31-33(25-13-9-7-10-14-25)43(37(31)49)19-29(45)40-24(6)36(48)42-28(18-22(3)4)32-34(26-15-11-8-12-16-26)44(38(32)50)20-30(46)39-23(5)35(47)41-27/h7-16,21-24,27-28,31-34H,17-20H2,1-6H3,(H,39,46)(H,40,45)(H,41,47)(H,42,48)/t23-,24-,27-,28-,31+,32+,33+,34+/m0/s1. The molecule has 6 amide bonds. The molecule has 3 aliphatic rings. The fourth-order valence-electron chi connectivity index (χ4n) is 7.60. The summed E-state index contributed by atoms with van der Waals surface area (Å²) < 4.78 is 0. The Balaban J connectivity index is 1.49. The van der Waals surface area contributed by atoms with E-state index in [4.69, 9.17) is 0 Å². The zero-order chi connectivity index (χ0) is 36.3. The number of rotatable bonds is 6. The van der Waals surface area contributed by atoms with E-state index in [2.05, 4.69) is 21.3 Å². The average Bonchev–Trinajstić information content (AvgIpc) is 3.06. The Hall–Kier alpha value is -4.74. The van der Waals surface area contributed by atoms with E-state index in [1.165, 1.54) is 9.80 Å². The van der Waals surface area contributed by atoms with Crippen molar-refractivity contribution in [3.8, 4) is 0 Å². The minimum atomic E-state index is -0.952. The van der Waals surface area contributed by atoms with Crippen molar-refractivity contribution < 1.29 is 28.8 Å². The molecule has 0 aromatic heterocycles. The second kappa shape index (κ2) is 15.4. The fraction of sp³-hybridized carbons (Fsp3) is 0.526. The van der Waals surface area contributed by atoms with Gasteiger partial charge in [-0.25, -0.2) is 0 Å². The minimum Gasteiger partial charge on any atom is -0.351 e. The van der Waals surface area contributed by atoms with Gasteiger partial charge >= 0.3 is 0 Å². The fourth-order valence-corrected chi connectivity index (χ4v) is 7.60. The van der Waals surface area contributed by atoms with Gasteiger partial charge in [0.1, 0.15) is 25.2 Å². The Bertz CT molecular complexity index is 1470. The first kappa shape index (κ1) is 36.5. The molecule has 0 radical (unpaired) electrons. The summed E-state index contributed by atoms with van der Waals surface area (Å²) in [4.78, 5) is 84.7.